The van der Waals surface area contributed by atoms with Crippen molar-refractivity contribution in [3.63, 3.8) is 0 Å². The molecule has 0 atom stereocenters. The minimum absolute atomic E-state index is 0.280. The van der Waals surface area contributed by atoms with Crippen molar-refractivity contribution in [2.45, 2.75) is 0 Å². The molecule has 0 bridgehead atoms. The third kappa shape index (κ3) is 3.14. The number of rotatable bonds is 4. The first-order chi connectivity index (χ1) is 11.3. The number of nitriles is 1. The summed E-state index contributed by atoms with van der Waals surface area (Å²) in [6, 6.07) is 20.9. The normalized spacial score (nSPS) is 9.91. The molecule has 3 rings (SSSR count). The lowest BCUT2D eigenvalue weighted by Crippen LogP contribution is -1.95. The van der Waals surface area contributed by atoms with Crippen LogP contribution in [-0.4, -0.2) is 12.1 Å². The van der Waals surface area contributed by atoms with Gasteiger partial charge in [0.05, 0.1) is 7.11 Å². The SMILES string of the molecule is COc1cccc(Oc2nccc(-c3ccccc3)c2C#N)c1. The van der Waals surface area contributed by atoms with Crippen LogP contribution in [0.25, 0.3) is 11.1 Å². The van der Waals surface area contributed by atoms with Crippen LogP contribution in [0.3, 0.4) is 0 Å². The highest BCUT2D eigenvalue weighted by molar-refractivity contribution is 5.72. The van der Waals surface area contributed by atoms with Crippen molar-refractivity contribution >= 4 is 0 Å². The molecule has 1 heterocycles. The minimum atomic E-state index is 0.280. The van der Waals surface area contributed by atoms with E-state index in [0.717, 1.165) is 11.1 Å². The summed E-state index contributed by atoms with van der Waals surface area (Å²) in [5, 5.41) is 9.54. The summed E-state index contributed by atoms with van der Waals surface area (Å²) in [6.45, 7) is 0. The summed E-state index contributed by atoms with van der Waals surface area (Å²) in [5.41, 5.74) is 2.14. The topological polar surface area (TPSA) is 55.1 Å². The second kappa shape index (κ2) is 6.63. The molecule has 0 aliphatic carbocycles. The van der Waals surface area contributed by atoms with Crippen molar-refractivity contribution < 1.29 is 9.47 Å². The summed E-state index contributed by atoms with van der Waals surface area (Å²) in [5.74, 6) is 1.53. The van der Waals surface area contributed by atoms with Gasteiger partial charge in [-0.15, -0.1) is 0 Å². The van der Waals surface area contributed by atoms with E-state index in [0.29, 0.717) is 17.1 Å². The Hall–Kier alpha value is -3.32. The third-order valence-electron chi connectivity index (χ3n) is 3.37. The lowest BCUT2D eigenvalue weighted by molar-refractivity contribution is 0.407. The first-order valence-corrected chi connectivity index (χ1v) is 7.08. The standard InChI is InChI=1S/C19H14N2O2/c1-22-15-8-5-9-16(12-15)23-19-18(13-20)17(10-11-21-19)14-6-3-2-4-7-14/h2-12H,1H3. The maximum absolute atomic E-state index is 9.54. The zero-order valence-electron chi connectivity index (χ0n) is 12.6. The van der Waals surface area contributed by atoms with Crippen LogP contribution in [-0.2, 0) is 0 Å². The zero-order chi connectivity index (χ0) is 16.1. The Morgan fingerprint density at radius 2 is 1.74 bits per heavy atom. The molecule has 1 aromatic heterocycles. The number of aromatic nitrogens is 1. The predicted molar refractivity (Wildman–Crippen MR) is 87.5 cm³/mol. The van der Waals surface area contributed by atoms with Crippen LogP contribution in [0.15, 0.2) is 66.9 Å². The van der Waals surface area contributed by atoms with Crippen LogP contribution in [0.4, 0.5) is 0 Å². The minimum Gasteiger partial charge on any atom is -0.497 e. The van der Waals surface area contributed by atoms with Gasteiger partial charge >= 0.3 is 0 Å². The van der Waals surface area contributed by atoms with Gasteiger partial charge in [0.2, 0.25) is 5.88 Å². The van der Waals surface area contributed by atoms with Crippen LogP contribution >= 0.6 is 0 Å². The lowest BCUT2D eigenvalue weighted by Gasteiger charge is -2.10. The molecule has 2 aromatic carbocycles. The molecule has 0 radical (unpaired) electrons. The van der Waals surface area contributed by atoms with Gasteiger partial charge in [0.1, 0.15) is 23.1 Å². The number of pyridine rings is 1. The quantitative estimate of drug-likeness (QED) is 0.715. The van der Waals surface area contributed by atoms with Crippen LogP contribution in [0, 0.1) is 11.3 Å². The van der Waals surface area contributed by atoms with E-state index in [1.54, 1.807) is 25.4 Å². The molecular formula is C19H14N2O2. The van der Waals surface area contributed by atoms with Crippen LogP contribution < -0.4 is 9.47 Å². The first kappa shape index (κ1) is 14.6. The molecule has 4 nitrogen and oxygen atoms in total. The molecule has 0 N–H and O–H groups in total. The van der Waals surface area contributed by atoms with Crippen molar-refractivity contribution in [2.24, 2.45) is 0 Å². The van der Waals surface area contributed by atoms with E-state index in [-0.39, 0.29) is 5.88 Å². The van der Waals surface area contributed by atoms with Gasteiger partial charge in [0.25, 0.3) is 0 Å². The largest absolute Gasteiger partial charge is 0.497 e. The molecule has 0 aliphatic rings. The average Bonchev–Trinajstić information content (AvgIpc) is 2.62. The van der Waals surface area contributed by atoms with Crippen LogP contribution in [0.2, 0.25) is 0 Å². The Labute approximate surface area is 134 Å². The number of benzene rings is 2. The smallest absolute Gasteiger partial charge is 0.237 e. The highest BCUT2D eigenvalue weighted by Crippen LogP contribution is 2.31. The molecule has 112 valence electrons. The van der Waals surface area contributed by atoms with Gasteiger partial charge in [0, 0.05) is 17.8 Å². The Morgan fingerprint density at radius 3 is 2.48 bits per heavy atom. The van der Waals surface area contributed by atoms with Gasteiger partial charge in [-0.25, -0.2) is 4.98 Å². The second-order valence-electron chi connectivity index (χ2n) is 4.80. The Bertz CT molecular complexity index is 855. The number of methoxy groups -OCH3 is 1. The number of hydrogen-bond acceptors (Lipinski definition) is 4. The lowest BCUT2D eigenvalue weighted by atomic mass is 10.0. The molecule has 3 aromatic rings. The third-order valence-corrected chi connectivity index (χ3v) is 3.37. The van der Waals surface area contributed by atoms with Crippen molar-refractivity contribution in [1.29, 1.82) is 5.26 Å². The summed E-state index contributed by atoms with van der Waals surface area (Å²) in [6.07, 6.45) is 1.64. The summed E-state index contributed by atoms with van der Waals surface area (Å²) in [7, 11) is 1.59. The van der Waals surface area contributed by atoms with Gasteiger partial charge in [-0.3, -0.25) is 0 Å². The number of nitrogens with zero attached hydrogens (tertiary/aromatic N) is 2. The van der Waals surface area contributed by atoms with Crippen molar-refractivity contribution in [1.82, 2.24) is 4.98 Å². The Morgan fingerprint density at radius 1 is 0.957 bits per heavy atom. The van der Waals surface area contributed by atoms with E-state index < -0.39 is 0 Å². The fourth-order valence-corrected chi connectivity index (χ4v) is 2.26. The number of hydrogen-bond donors (Lipinski definition) is 0. The second-order valence-corrected chi connectivity index (χ2v) is 4.80. The molecule has 0 saturated carbocycles. The van der Waals surface area contributed by atoms with Crippen molar-refractivity contribution in [2.75, 3.05) is 7.11 Å². The first-order valence-electron chi connectivity index (χ1n) is 7.08. The average molecular weight is 302 g/mol. The molecule has 0 amide bonds. The Balaban J connectivity index is 2.02. The van der Waals surface area contributed by atoms with Gasteiger partial charge in [0.15, 0.2) is 0 Å². The Kier molecular flexibility index (Phi) is 4.21. The molecule has 23 heavy (non-hydrogen) atoms. The fourth-order valence-electron chi connectivity index (χ4n) is 2.26. The van der Waals surface area contributed by atoms with Gasteiger partial charge < -0.3 is 9.47 Å². The fraction of sp³-hybridized carbons (Fsp3) is 0.0526. The molecule has 0 aliphatic heterocycles. The van der Waals surface area contributed by atoms with Crippen molar-refractivity contribution in [3.05, 3.63) is 72.4 Å². The van der Waals surface area contributed by atoms with E-state index in [1.807, 2.05) is 48.5 Å². The highest BCUT2D eigenvalue weighted by atomic mass is 16.5. The maximum Gasteiger partial charge on any atom is 0.237 e. The molecular weight excluding hydrogens is 288 g/mol. The summed E-state index contributed by atoms with van der Waals surface area (Å²) in [4.78, 5) is 4.20. The van der Waals surface area contributed by atoms with Gasteiger partial charge in [-0.1, -0.05) is 36.4 Å². The molecule has 0 unspecified atom stereocenters. The summed E-state index contributed by atoms with van der Waals surface area (Å²) >= 11 is 0. The van der Waals surface area contributed by atoms with E-state index in [2.05, 4.69) is 11.1 Å². The molecule has 0 saturated heterocycles. The van der Waals surface area contributed by atoms with Gasteiger partial charge in [-0.2, -0.15) is 5.26 Å². The monoisotopic (exact) mass is 302 g/mol. The van der Waals surface area contributed by atoms with Crippen molar-refractivity contribution in [3.8, 4) is 34.6 Å². The molecule has 0 fully saturated rings. The predicted octanol–water partition coefficient (Wildman–Crippen LogP) is 4.42. The van der Waals surface area contributed by atoms with Gasteiger partial charge in [-0.05, 0) is 23.8 Å². The maximum atomic E-state index is 9.54. The van der Waals surface area contributed by atoms with Crippen LogP contribution in [0.1, 0.15) is 5.56 Å². The summed E-state index contributed by atoms with van der Waals surface area (Å²) < 4.78 is 11.0. The van der Waals surface area contributed by atoms with E-state index >= 15 is 0 Å². The zero-order valence-corrected chi connectivity index (χ0v) is 12.6. The highest BCUT2D eigenvalue weighted by Gasteiger charge is 2.13. The van der Waals surface area contributed by atoms with E-state index in [1.165, 1.54) is 0 Å². The van der Waals surface area contributed by atoms with E-state index in [4.69, 9.17) is 9.47 Å². The molecule has 4 heteroatoms. The number of ether oxygens (including phenoxy) is 2. The van der Waals surface area contributed by atoms with E-state index in [9.17, 15) is 5.26 Å². The molecule has 0 spiro atoms. The van der Waals surface area contributed by atoms with Crippen LogP contribution in [0.5, 0.6) is 17.4 Å².